The molecule has 2 N–H and O–H groups in total. The molecule has 1 aromatic rings. The van der Waals surface area contributed by atoms with Gasteiger partial charge in [0.1, 0.15) is 5.75 Å². The maximum absolute atomic E-state index is 6.06. The molecule has 0 radical (unpaired) electrons. The van der Waals surface area contributed by atoms with Crippen LogP contribution in [0.25, 0.3) is 0 Å². The third-order valence-corrected chi connectivity index (χ3v) is 3.43. The molecule has 2 rings (SSSR count). The van der Waals surface area contributed by atoms with Crippen LogP contribution in [0.3, 0.4) is 0 Å². The summed E-state index contributed by atoms with van der Waals surface area (Å²) in [4.78, 5) is 2.24. The van der Waals surface area contributed by atoms with Gasteiger partial charge in [-0.1, -0.05) is 12.5 Å². The normalized spacial score (nSPS) is 15.6. The molecular weight excluding hydrogens is 200 g/mol. The summed E-state index contributed by atoms with van der Waals surface area (Å²) in [7, 11) is 3.75. The van der Waals surface area contributed by atoms with E-state index in [2.05, 4.69) is 18.0 Å². The molecule has 16 heavy (non-hydrogen) atoms. The molecule has 1 fully saturated rings. The molecule has 1 aliphatic carbocycles. The number of hydrogen-bond donors (Lipinski definition) is 1. The first-order chi connectivity index (χ1) is 7.72. The topological polar surface area (TPSA) is 38.5 Å². The van der Waals surface area contributed by atoms with Gasteiger partial charge in [0, 0.05) is 13.6 Å². The van der Waals surface area contributed by atoms with E-state index in [1.54, 1.807) is 7.11 Å². The number of anilines is 2. The molecule has 0 bridgehead atoms. The predicted octanol–water partition coefficient (Wildman–Crippen LogP) is 2.51. The van der Waals surface area contributed by atoms with Crippen molar-refractivity contribution in [2.45, 2.75) is 19.3 Å². The minimum Gasteiger partial charge on any atom is -0.495 e. The molecule has 1 saturated carbocycles. The molecule has 1 aromatic carbocycles. The second-order valence-electron chi connectivity index (χ2n) is 4.57. The molecule has 88 valence electrons. The van der Waals surface area contributed by atoms with Crippen LogP contribution in [0.5, 0.6) is 5.75 Å². The molecule has 0 aliphatic heterocycles. The van der Waals surface area contributed by atoms with Crippen molar-refractivity contribution in [3.63, 3.8) is 0 Å². The van der Waals surface area contributed by atoms with Crippen molar-refractivity contribution < 1.29 is 4.74 Å². The van der Waals surface area contributed by atoms with Crippen molar-refractivity contribution >= 4 is 11.4 Å². The zero-order valence-corrected chi connectivity index (χ0v) is 10.1. The van der Waals surface area contributed by atoms with E-state index in [1.165, 1.54) is 19.3 Å². The third-order valence-electron chi connectivity index (χ3n) is 3.43. The number of hydrogen-bond acceptors (Lipinski definition) is 3. The lowest BCUT2D eigenvalue weighted by atomic mass is 9.85. The Morgan fingerprint density at radius 3 is 2.75 bits per heavy atom. The summed E-state index contributed by atoms with van der Waals surface area (Å²) < 4.78 is 5.23. The van der Waals surface area contributed by atoms with Gasteiger partial charge in [0.05, 0.1) is 18.5 Å². The van der Waals surface area contributed by atoms with Gasteiger partial charge in [-0.15, -0.1) is 0 Å². The third kappa shape index (κ3) is 2.08. The van der Waals surface area contributed by atoms with Gasteiger partial charge in [-0.3, -0.25) is 0 Å². The average molecular weight is 220 g/mol. The quantitative estimate of drug-likeness (QED) is 0.792. The first kappa shape index (κ1) is 11.1. The molecule has 3 heteroatoms. The van der Waals surface area contributed by atoms with E-state index in [4.69, 9.17) is 10.5 Å². The van der Waals surface area contributed by atoms with Crippen LogP contribution >= 0.6 is 0 Å². The Bertz CT molecular complexity index is 361. The summed E-state index contributed by atoms with van der Waals surface area (Å²) in [5, 5.41) is 0. The summed E-state index contributed by atoms with van der Waals surface area (Å²) in [5.41, 5.74) is 7.88. The summed E-state index contributed by atoms with van der Waals surface area (Å²) >= 11 is 0. The lowest BCUT2D eigenvalue weighted by Gasteiger charge is -2.32. The summed E-state index contributed by atoms with van der Waals surface area (Å²) in [5.74, 6) is 1.61. The molecule has 1 aliphatic rings. The Hall–Kier alpha value is -1.38. The lowest BCUT2D eigenvalue weighted by molar-refractivity contribution is 0.321. The Balaban J connectivity index is 2.11. The van der Waals surface area contributed by atoms with Crippen LogP contribution in [0, 0.1) is 5.92 Å². The minimum absolute atomic E-state index is 0.742. The monoisotopic (exact) mass is 220 g/mol. The number of methoxy groups -OCH3 is 1. The molecule has 0 spiro atoms. The van der Waals surface area contributed by atoms with Gasteiger partial charge in [0.2, 0.25) is 0 Å². The Morgan fingerprint density at radius 1 is 1.44 bits per heavy atom. The lowest BCUT2D eigenvalue weighted by Crippen LogP contribution is -2.29. The standard InChI is InChI=1S/C13H20N2O/c1-15(9-10-5-3-6-10)11-7-4-8-12(16-2)13(11)14/h4,7-8,10H,3,5-6,9,14H2,1-2H3. The summed E-state index contributed by atoms with van der Waals surface area (Å²) in [6.45, 7) is 1.09. The zero-order chi connectivity index (χ0) is 11.5. The fraction of sp³-hybridized carbons (Fsp3) is 0.538. The molecule has 3 nitrogen and oxygen atoms in total. The van der Waals surface area contributed by atoms with Crippen molar-refractivity contribution in [3.8, 4) is 5.75 Å². The van der Waals surface area contributed by atoms with Crippen LogP contribution in [-0.2, 0) is 0 Å². The van der Waals surface area contributed by atoms with Gasteiger partial charge in [0.25, 0.3) is 0 Å². The predicted molar refractivity (Wildman–Crippen MR) is 68.0 cm³/mol. The van der Waals surface area contributed by atoms with Crippen molar-refractivity contribution in [1.29, 1.82) is 0 Å². The number of nitrogens with zero attached hydrogens (tertiary/aromatic N) is 1. The van der Waals surface area contributed by atoms with E-state index in [0.717, 1.165) is 29.6 Å². The van der Waals surface area contributed by atoms with Gasteiger partial charge in [-0.25, -0.2) is 0 Å². The van der Waals surface area contributed by atoms with Crippen molar-refractivity contribution in [1.82, 2.24) is 0 Å². The van der Waals surface area contributed by atoms with E-state index in [0.29, 0.717) is 0 Å². The van der Waals surface area contributed by atoms with Gasteiger partial charge in [0.15, 0.2) is 0 Å². The summed E-state index contributed by atoms with van der Waals surface area (Å²) in [6, 6.07) is 5.94. The Kier molecular flexibility index (Phi) is 3.22. The maximum Gasteiger partial charge on any atom is 0.143 e. The molecular formula is C13H20N2O. The van der Waals surface area contributed by atoms with Gasteiger partial charge in [-0.2, -0.15) is 0 Å². The van der Waals surface area contributed by atoms with E-state index < -0.39 is 0 Å². The highest BCUT2D eigenvalue weighted by atomic mass is 16.5. The fourth-order valence-electron chi connectivity index (χ4n) is 2.20. The molecule has 0 atom stereocenters. The minimum atomic E-state index is 0.742. The second-order valence-corrected chi connectivity index (χ2v) is 4.57. The van der Waals surface area contributed by atoms with Gasteiger partial charge < -0.3 is 15.4 Å². The maximum atomic E-state index is 6.06. The smallest absolute Gasteiger partial charge is 0.143 e. The average Bonchev–Trinajstić information content (AvgIpc) is 2.23. The number of benzene rings is 1. The first-order valence-corrected chi connectivity index (χ1v) is 5.86. The van der Waals surface area contributed by atoms with Crippen LogP contribution in [0.4, 0.5) is 11.4 Å². The number of nitrogen functional groups attached to an aromatic ring is 1. The van der Waals surface area contributed by atoms with E-state index in [-0.39, 0.29) is 0 Å². The largest absolute Gasteiger partial charge is 0.495 e. The van der Waals surface area contributed by atoms with Crippen LogP contribution in [-0.4, -0.2) is 20.7 Å². The van der Waals surface area contributed by atoms with E-state index in [1.807, 2.05) is 12.1 Å². The van der Waals surface area contributed by atoms with Crippen LogP contribution in [0.15, 0.2) is 18.2 Å². The molecule has 0 heterocycles. The Labute approximate surface area is 97.2 Å². The van der Waals surface area contributed by atoms with Crippen molar-refractivity contribution in [2.75, 3.05) is 31.3 Å². The second kappa shape index (κ2) is 4.64. The highest BCUT2D eigenvalue weighted by Crippen LogP contribution is 2.34. The summed E-state index contributed by atoms with van der Waals surface area (Å²) in [6.07, 6.45) is 4.09. The number of nitrogens with two attached hydrogens (primary N) is 1. The number of ether oxygens (including phenoxy) is 1. The van der Waals surface area contributed by atoms with E-state index >= 15 is 0 Å². The number of rotatable bonds is 4. The fourth-order valence-corrected chi connectivity index (χ4v) is 2.20. The van der Waals surface area contributed by atoms with Crippen molar-refractivity contribution in [3.05, 3.63) is 18.2 Å². The first-order valence-electron chi connectivity index (χ1n) is 5.86. The molecule has 0 saturated heterocycles. The van der Waals surface area contributed by atoms with Crippen molar-refractivity contribution in [2.24, 2.45) is 5.92 Å². The van der Waals surface area contributed by atoms with Crippen LogP contribution < -0.4 is 15.4 Å². The SMILES string of the molecule is COc1cccc(N(C)CC2CCC2)c1N. The number of para-hydroxylation sites is 1. The zero-order valence-electron chi connectivity index (χ0n) is 10.1. The molecule has 0 amide bonds. The highest BCUT2D eigenvalue weighted by Gasteiger charge is 2.20. The molecule has 0 unspecified atom stereocenters. The van der Waals surface area contributed by atoms with Crippen LogP contribution in [0.2, 0.25) is 0 Å². The van der Waals surface area contributed by atoms with Gasteiger partial charge >= 0.3 is 0 Å². The highest BCUT2D eigenvalue weighted by molar-refractivity contribution is 5.73. The van der Waals surface area contributed by atoms with Crippen LogP contribution in [0.1, 0.15) is 19.3 Å². The van der Waals surface area contributed by atoms with Gasteiger partial charge in [-0.05, 0) is 30.9 Å². The van der Waals surface area contributed by atoms with E-state index in [9.17, 15) is 0 Å². The molecule has 0 aromatic heterocycles. The Morgan fingerprint density at radius 2 is 2.19 bits per heavy atom.